The van der Waals surface area contributed by atoms with E-state index in [1.54, 1.807) is 0 Å². The fourth-order valence-corrected chi connectivity index (χ4v) is 0.599. The van der Waals surface area contributed by atoms with Gasteiger partial charge >= 0.3 is 5.97 Å². The molecule has 1 aromatic rings. The van der Waals surface area contributed by atoms with Gasteiger partial charge in [-0.2, -0.15) is 0 Å². The molecule has 0 atom stereocenters. The van der Waals surface area contributed by atoms with Gasteiger partial charge in [-0.25, -0.2) is 4.79 Å². The van der Waals surface area contributed by atoms with Crippen molar-refractivity contribution in [3.63, 3.8) is 0 Å². The van der Waals surface area contributed by atoms with Gasteiger partial charge in [0.15, 0.2) is 0 Å². The Labute approximate surface area is 57.5 Å². The lowest BCUT2D eigenvalue weighted by atomic mass is 10.2. The molecule has 2 N–H and O–H groups in total. The molecule has 0 aromatic heterocycles. The van der Waals surface area contributed by atoms with Crippen LogP contribution < -0.4 is 0 Å². The van der Waals surface area contributed by atoms with E-state index in [4.69, 9.17) is 10.2 Å². The number of hydrogen-bond donors (Lipinski definition) is 2. The van der Waals surface area contributed by atoms with Gasteiger partial charge in [-0.3, -0.25) is 0 Å². The quantitative estimate of drug-likeness (QED) is 0.604. The van der Waals surface area contributed by atoms with Gasteiger partial charge in [0.1, 0.15) is 11.3 Å². The van der Waals surface area contributed by atoms with Gasteiger partial charge in [-0.15, -0.1) is 0 Å². The second kappa shape index (κ2) is 2.39. The number of aromatic carboxylic acids is 1. The van der Waals surface area contributed by atoms with Gasteiger partial charge in [0.05, 0.1) is 0 Å². The summed E-state index contributed by atoms with van der Waals surface area (Å²) in [5.74, 6) is -1.42. The number of carboxylic acids is 1. The third-order valence-electron chi connectivity index (χ3n) is 1.05. The maximum absolute atomic E-state index is 10.2. The van der Waals surface area contributed by atoms with Crippen LogP contribution in [0.5, 0.6) is 5.75 Å². The van der Waals surface area contributed by atoms with Crippen LogP contribution in [-0.2, 0) is 0 Å². The molecule has 0 fully saturated rings. The number of benzene rings is 1. The third kappa shape index (κ3) is 1.07. The van der Waals surface area contributed by atoms with Crippen molar-refractivity contribution >= 4 is 5.97 Å². The van der Waals surface area contributed by atoms with Crippen LogP contribution in [0, 0.1) is 6.07 Å². The molecule has 3 nitrogen and oxygen atoms in total. The molecular weight excluding hydrogens is 132 g/mol. The van der Waals surface area contributed by atoms with E-state index in [0.29, 0.717) is 0 Å². The topological polar surface area (TPSA) is 57.5 Å². The second-order valence-corrected chi connectivity index (χ2v) is 1.74. The van der Waals surface area contributed by atoms with Gasteiger partial charge < -0.3 is 10.2 Å². The molecule has 0 heterocycles. The smallest absolute Gasteiger partial charge is 0.340 e. The Hall–Kier alpha value is -1.51. The molecule has 3 heteroatoms. The van der Waals surface area contributed by atoms with E-state index in [0.717, 1.165) is 0 Å². The number of hydrogen-bond acceptors (Lipinski definition) is 2. The molecule has 0 saturated heterocycles. The molecule has 0 aliphatic carbocycles. The van der Waals surface area contributed by atoms with E-state index in [9.17, 15) is 4.79 Å². The Morgan fingerprint density at radius 2 is 2.30 bits per heavy atom. The molecule has 0 amide bonds. The molecule has 0 unspecified atom stereocenters. The summed E-state index contributed by atoms with van der Waals surface area (Å²) in [6.45, 7) is 0. The SMILES string of the molecule is O=C(O)c1[c]cccc1O. The van der Waals surface area contributed by atoms with Crippen molar-refractivity contribution in [1.29, 1.82) is 0 Å². The number of carboxylic acid groups (broad SMARTS) is 1. The lowest BCUT2D eigenvalue weighted by Gasteiger charge is -1.94. The van der Waals surface area contributed by atoms with Gasteiger partial charge in [-0.05, 0) is 6.07 Å². The lowest BCUT2D eigenvalue weighted by molar-refractivity contribution is 0.0693. The van der Waals surface area contributed by atoms with Crippen LogP contribution >= 0.6 is 0 Å². The Bertz CT molecular complexity index is 255. The maximum Gasteiger partial charge on any atom is 0.340 e. The fourth-order valence-electron chi connectivity index (χ4n) is 0.599. The fraction of sp³-hybridized carbons (Fsp3) is 0. The molecule has 0 bridgehead atoms. The zero-order valence-corrected chi connectivity index (χ0v) is 5.03. The molecule has 10 heavy (non-hydrogen) atoms. The number of rotatable bonds is 1. The highest BCUT2D eigenvalue weighted by Crippen LogP contribution is 2.13. The van der Waals surface area contributed by atoms with Crippen molar-refractivity contribution in [3.05, 3.63) is 29.8 Å². The van der Waals surface area contributed by atoms with Crippen molar-refractivity contribution in [3.8, 4) is 5.75 Å². The van der Waals surface area contributed by atoms with Gasteiger partial charge in [-0.1, -0.05) is 12.1 Å². The van der Waals surface area contributed by atoms with Crippen molar-refractivity contribution in [2.45, 2.75) is 0 Å². The molecule has 1 rings (SSSR count). The Balaban J connectivity index is 3.15. The highest BCUT2D eigenvalue weighted by molar-refractivity contribution is 5.90. The molecule has 0 aliphatic heterocycles. The molecule has 0 aliphatic rings. The Kier molecular flexibility index (Phi) is 1.58. The van der Waals surface area contributed by atoms with Crippen molar-refractivity contribution in [2.24, 2.45) is 0 Å². The third-order valence-corrected chi connectivity index (χ3v) is 1.05. The van der Waals surface area contributed by atoms with Crippen LogP contribution in [0.15, 0.2) is 18.2 Å². The maximum atomic E-state index is 10.2. The lowest BCUT2D eigenvalue weighted by Crippen LogP contribution is -1.95. The van der Waals surface area contributed by atoms with Crippen LogP contribution in [0.4, 0.5) is 0 Å². The average Bonchev–Trinajstić information content (AvgIpc) is 1.88. The van der Waals surface area contributed by atoms with Crippen LogP contribution in [-0.4, -0.2) is 16.2 Å². The minimum atomic E-state index is -1.17. The van der Waals surface area contributed by atoms with E-state index < -0.39 is 5.97 Å². The minimum absolute atomic E-state index is 0.192. The zero-order chi connectivity index (χ0) is 7.56. The van der Waals surface area contributed by atoms with Crippen molar-refractivity contribution in [2.75, 3.05) is 0 Å². The van der Waals surface area contributed by atoms with Gasteiger partial charge in [0.25, 0.3) is 0 Å². The molecular formula is C7H5O3. The summed E-state index contributed by atoms with van der Waals surface area (Å²) in [6.07, 6.45) is 0. The Morgan fingerprint density at radius 1 is 1.60 bits per heavy atom. The summed E-state index contributed by atoms with van der Waals surface area (Å²) in [5, 5.41) is 17.2. The first-order valence-electron chi connectivity index (χ1n) is 2.65. The zero-order valence-electron chi connectivity index (χ0n) is 5.03. The van der Waals surface area contributed by atoms with Crippen LogP contribution in [0.2, 0.25) is 0 Å². The standard InChI is InChI=1S/C7H5O3/c8-6-4-2-1-3-5(6)7(9)10/h1-2,4,8H,(H,9,10). The highest BCUT2D eigenvalue weighted by atomic mass is 16.4. The number of aromatic hydroxyl groups is 1. The largest absolute Gasteiger partial charge is 0.507 e. The molecule has 0 spiro atoms. The average molecular weight is 137 g/mol. The van der Waals surface area contributed by atoms with E-state index in [2.05, 4.69) is 6.07 Å². The van der Waals surface area contributed by atoms with E-state index in [1.165, 1.54) is 18.2 Å². The summed E-state index contributed by atoms with van der Waals surface area (Å²) in [6, 6.07) is 6.64. The van der Waals surface area contributed by atoms with Crippen molar-refractivity contribution in [1.82, 2.24) is 0 Å². The second-order valence-electron chi connectivity index (χ2n) is 1.74. The minimum Gasteiger partial charge on any atom is -0.507 e. The molecule has 1 aromatic carbocycles. The first kappa shape index (κ1) is 6.61. The van der Waals surface area contributed by atoms with Crippen LogP contribution in [0.25, 0.3) is 0 Å². The van der Waals surface area contributed by atoms with E-state index >= 15 is 0 Å². The summed E-state index contributed by atoms with van der Waals surface area (Å²) in [7, 11) is 0. The van der Waals surface area contributed by atoms with E-state index in [1.807, 2.05) is 0 Å². The molecule has 1 radical (unpaired) electrons. The predicted octanol–water partition coefficient (Wildman–Crippen LogP) is 0.891. The van der Waals surface area contributed by atoms with Gasteiger partial charge in [0, 0.05) is 6.07 Å². The summed E-state index contributed by atoms with van der Waals surface area (Å²) < 4.78 is 0. The summed E-state index contributed by atoms with van der Waals surface area (Å²) in [5.41, 5.74) is -0.192. The molecule has 51 valence electrons. The first-order chi connectivity index (χ1) is 4.72. The van der Waals surface area contributed by atoms with Crippen molar-refractivity contribution < 1.29 is 15.0 Å². The summed E-state index contributed by atoms with van der Waals surface area (Å²) >= 11 is 0. The summed E-state index contributed by atoms with van der Waals surface area (Å²) in [4.78, 5) is 10.2. The first-order valence-corrected chi connectivity index (χ1v) is 2.65. The number of phenols is 1. The highest BCUT2D eigenvalue weighted by Gasteiger charge is 2.06. The van der Waals surface area contributed by atoms with Crippen LogP contribution in [0.3, 0.4) is 0 Å². The molecule has 0 saturated carbocycles. The number of carbonyl (C=O) groups is 1. The van der Waals surface area contributed by atoms with Crippen LogP contribution in [0.1, 0.15) is 10.4 Å². The Morgan fingerprint density at radius 3 is 2.70 bits per heavy atom. The van der Waals surface area contributed by atoms with Gasteiger partial charge in [0.2, 0.25) is 0 Å². The predicted molar refractivity (Wildman–Crippen MR) is 33.9 cm³/mol. The normalized spacial score (nSPS) is 9.20. The monoisotopic (exact) mass is 137 g/mol. The van der Waals surface area contributed by atoms with E-state index in [-0.39, 0.29) is 11.3 Å².